The Bertz CT molecular complexity index is 802. The predicted octanol–water partition coefficient (Wildman–Crippen LogP) is 2.54. The number of halogens is 1. The fraction of sp³-hybridized carbons (Fsp3) is 0.429. The lowest BCUT2D eigenvalue weighted by Crippen LogP contribution is -2.63. The molecule has 1 amide bonds. The molecule has 2 aliphatic heterocycles. The van der Waals surface area contributed by atoms with Gasteiger partial charge < -0.3 is 16.0 Å². The molecule has 2 aromatic rings. The van der Waals surface area contributed by atoms with E-state index in [9.17, 15) is 4.79 Å². The Morgan fingerprint density at radius 2 is 1.96 bits per heavy atom. The van der Waals surface area contributed by atoms with E-state index < -0.39 is 0 Å². The highest BCUT2D eigenvalue weighted by molar-refractivity contribution is 6.30. The van der Waals surface area contributed by atoms with Crippen LogP contribution in [0.3, 0.4) is 0 Å². The largest absolute Gasteiger partial charge is 0.384 e. The van der Waals surface area contributed by atoms with Gasteiger partial charge in [0.15, 0.2) is 0 Å². The van der Waals surface area contributed by atoms with Crippen LogP contribution >= 0.6 is 11.6 Å². The number of amides is 1. The first-order valence-corrected chi connectivity index (χ1v) is 9.87. The quantitative estimate of drug-likeness (QED) is 0.831. The van der Waals surface area contributed by atoms with Crippen molar-refractivity contribution >= 4 is 23.3 Å². The van der Waals surface area contributed by atoms with Crippen molar-refractivity contribution in [2.75, 3.05) is 31.9 Å². The van der Waals surface area contributed by atoms with Crippen LogP contribution in [0.25, 0.3) is 0 Å². The molecule has 0 spiro atoms. The molecule has 2 aliphatic rings. The van der Waals surface area contributed by atoms with E-state index in [1.807, 2.05) is 42.6 Å². The lowest BCUT2D eigenvalue weighted by Gasteiger charge is -2.43. The van der Waals surface area contributed by atoms with Gasteiger partial charge in [-0.3, -0.25) is 4.79 Å². The van der Waals surface area contributed by atoms with Crippen molar-refractivity contribution in [3.8, 4) is 0 Å². The van der Waals surface area contributed by atoms with Gasteiger partial charge in [-0.05, 0) is 54.5 Å². The van der Waals surface area contributed by atoms with Gasteiger partial charge in [0.1, 0.15) is 5.82 Å². The predicted molar refractivity (Wildman–Crippen MR) is 107 cm³/mol. The molecule has 4 rings (SSSR count). The number of benzene rings is 1. The second kappa shape index (κ2) is 7.49. The van der Waals surface area contributed by atoms with Gasteiger partial charge in [-0.25, -0.2) is 4.98 Å². The summed E-state index contributed by atoms with van der Waals surface area (Å²) in [4.78, 5) is 19.5. The first-order valence-electron chi connectivity index (χ1n) is 9.49. The van der Waals surface area contributed by atoms with Gasteiger partial charge in [0.2, 0.25) is 5.91 Å². The summed E-state index contributed by atoms with van der Waals surface area (Å²) >= 11 is 5.99. The average Bonchev–Trinajstić information content (AvgIpc) is 3.10. The molecule has 1 atom stereocenters. The number of nitrogens with two attached hydrogens (primary N) is 1. The van der Waals surface area contributed by atoms with E-state index in [4.69, 9.17) is 17.3 Å². The minimum Gasteiger partial charge on any atom is -0.384 e. The lowest BCUT2D eigenvalue weighted by molar-refractivity contribution is -0.144. The van der Waals surface area contributed by atoms with Crippen molar-refractivity contribution < 1.29 is 4.79 Å². The minimum absolute atomic E-state index is 0.286. The van der Waals surface area contributed by atoms with Crippen LogP contribution in [0, 0.1) is 11.3 Å². The van der Waals surface area contributed by atoms with Crippen LogP contribution < -0.4 is 11.1 Å². The van der Waals surface area contributed by atoms with Crippen LogP contribution in [0.1, 0.15) is 17.5 Å². The number of likely N-dealkylation sites (tertiary alicyclic amines) is 1. The third-order valence-electron chi connectivity index (χ3n) is 5.78. The van der Waals surface area contributed by atoms with Gasteiger partial charge in [-0.2, -0.15) is 0 Å². The Morgan fingerprint density at radius 1 is 1.22 bits per heavy atom. The highest BCUT2D eigenvalue weighted by Gasteiger charge is 2.47. The topological polar surface area (TPSA) is 71.2 Å². The third-order valence-corrected chi connectivity index (χ3v) is 6.03. The molecule has 27 heavy (non-hydrogen) atoms. The molecular formula is C21H25ClN4O. The van der Waals surface area contributed by atoms with Crippen molar-refractivity contribution in [3.05, 3.63) is 58.7 Å². The maximum atomic E-state index is 13.3. The first-order chi connectivity index (χ1) is 13.0. The summed E-state index contributed by atoms with van der Waals surface area (Å²) in [6.45, 7) is 3.16. The van der Waals surface area contributed by atoms with E-state index in [1.54, 1.807) is 0 Å². The number of aromatic nitrogens is 1. The first kappa shape index (κ1) is 18.3. The van der Waals surface area contributed by atoms with Gasteiger partial charge in [-0.1, -0.05) is 29.8 Å². The molecule has 1 aromatic heterocycles. The fourth-order valence-electron chi connectivity index (χ4n) is 4.18. The Labute approximate surface area is 164 Å². The molecule has 0 bridgehead atoms. The Kier molecular flexibility index (Phi) is 5.06. The minimum atomic E-state index is -0.314. The highest BCUT2D eigenvalue weighted by atomic mass is 35.5. The van der Waals surface area contributed by atoms with E-state index in [0.29, 0.717) is 11.7 Å². The molecule has 1 unspecified atom stereocenters. The lowest BCUT2D eigenvalue weighted by atomic mass is 9.75. The molecule has 2 fully saturated rings. The second-order valence-electron chi connectivity index (χ2n) is 7.89. The van der Waals surface area contributed by atoms with E-state index in [0.717, 1.165) is 56.0 Å². The van der Waals surface area contributed by atoms with E-state index in [1.165, 1.54) is 5.56 Å². The zero-order chi connectivity index (χ0) is 18.9. The number of nitrogen functional groups attached to an aromatic ring is 1. The summed E-state index contributed by atoms with van der Waals surface area (Å²) in [6, 6.07) is 11.7. The number of carbonyl (C=O) groups is 1. The number of nitrogens with one attached hydrogen (secondary N) is 1. The Hall–Kier alpha value is -2.11. The summed E-state index contributed by atoms with van der Waals surface area (Å²) in [5.41, 5.74) is 7.70. The van der Waals surface area contributed by atoms with Gasteiger partial charge in [0.25, 0.3) is 0 Å². The summed E-state index contributed by atoms with van der Waals surface area (Å²) < 4.78 is 0. The number of nitrogens with zero attached hydrogens (tertiary/aromatic N) is 2. The van der Waals surface area contributed by atoms with Crippen LogP contribution in [-0.4, -0.2) is 42.0 Å². The van der Waals surface area contributed by atoms with Crippen molar-refractivity contribution in [2.24, 2.45) is 11.3 Å². The molecule has 0 aliphatic carbocycles. The zero-order valence-electron chi connectivity index (χ0n) is 15.3. The zero-order valence-corrected chi connectivity index (χ0v) is 16.1. The second-order valence-corrected chi connectivity index (χ2v) is 8.32. The summed E-state index contributed by atoms with van der Waals surface area (Å²) in [5, 5.41) is 4.03. The molecule has 1 aromatic carbocycles. The molecule has 2 saturated heterocycles. The smallest absolute Gasteiger partial charge is 0.231 e. The monoisotopic (exact) mass is 384 g/mol. The molecule has 3 heterocycles. The molecule has 142 valence electrons. The Morgan fingerprint density at radius 3 is 2.59 bits per heavy atom. The van der Waals surface area contributed by atoms with Crippen LogP contribution in [0.2, 0.25) is 5.02 Å². The summed E-state index contributed by atoms with van der Waals surface area (Å²) in [5.74, 6) is 1.32. The summed E-state index contributed by atoms with van der Waals surface area (Å²) in [7, 11) is 0. The maximum Gasteiger partial charge on any atom is 0.231 e. The van der Waals surface area contributed by atoms with Gasteiger partial charge in [-0.15, -0.1) is 0 Å². The Balaban J connectivity index is 1.39. The van der Waals surface area contributed by atoms with E-state index in [2.05, 4.69) is 15.2 Å². The van der Waals surface area contributed by atoms with Crippen molar-refractivity contribution in [1.82, 2.24) is 15.2 Å². The number of pyridine rings is 1. The van der Waals surface area contributed by atoms with Crippen LogP contribution in [-0.2, 0) is 17.6 Å². The highest BCUT2D eigenvalue weighted by Crippen LogP contribution is 2.33. The number of carbonyl (C=O) groups excluding carboxylic acids is 1. The average molecular weight is 385 g/mol. The SMILES string of the molecule is Nc1ccc(CC2CCN(C(=O)C3(Cc4ccc(Cl)cc4)CNC3)C2)cn1. The van der Waals surface area contributed by atoms with Crippen molar-refractivity contribution in [1.29, 1.82) is 0 Å². The molecule has 3 N–H and O–H groups in total. The van der Waals surface area contributed by atoms with Crippen molar-refractivity contribution in [2.45, 2.75) is 19.3 Å². The number of anilines is 1. The molecule has 6 heteroatoms. The van der Waals surface area contributed by atoms with Crippen molar-refractivity contribution in [3.63, 3.8) is 0 Å². The van der Waals surface area contributed by atoms with Crippen LogP contribution in [0.15, 0.2) is 42.6 Å². The molecule has 0 radical (unpaired) electrons. The third kappa shape index (κ3) is 3.94. The van der Waals surface area contributed by atoms with E-state index >= 15 is 0 Å². The number of rotatable bonds is 5. The fourth-order valence-corrected chi connectivity index (χ4v) is 4.31. The number of hydrogen-bond donors (Lipinski definition) is 2. The standard InChI is InChI=1S/C21H25ClN4O/c22-18-4-1-15(2-5-18)10-21(13-24-14-21)20(27)26-8-7-17(12-26)9-16-3-6-19(23)25-11-16/h1-6,11,17,24H,7-10,12-14H2,(H2,23,25). The number of hydrogen-bond acceptors (Lipinski definition) is 4. The molecule has 0 saturated carbocycles. The summed E-state index contributed by atoms with van der Waals surface area (Å²) in [6.07, 6.45) is 4.59. The van der Waals surface area contributed by atoms with Crippen LogP contribution in [0.4, 0.5) is 5.82 Å². The van der Waals surface area contributed by atoms with Gasteiger partial charge in [0, 0.05) is 37.4 Å². The molecular weight excluding hydrogens is 360 g/mol. The van der Waals surface area contributed by atoms with E-state index in [-0.39, 0.29) is 11.3 Å². The molecule has 5 nitrogen and oxygen atoms in total. The van der Waals surface area contributed by atoms with Crippen LogP contribution in [0.5, 0.6) is 0 Å². The van der Waals surface area contributed by atoms with Gasteiger partial charge >= 0.3 is 0 Å². The normalized spacial score (nSPS) is 21.1. The maximum absolute atomic E-state index is 13.3. The van der Waals surface area contributed by atoms with Gasteiger partial charge in [0.05, 0.1) is 5.41 Å².